The summed E-state index contributed by atoms with van der Waals surface area (Å²) >= 11 is 0. The van der Waals surface area contributed by atoms with Crippen molar-refractivity contribution >= 4 is 18.0 Å². The highest BCUT2D eigenvalue weighted by Gasteiger charge is 2.18. The van der Waals surface area contributed by atoms with E-state index in [0.717, 1.165) is 0 Å². The zero-order valence-electron chi connectivity index (χ0n) is 16.3. The maximum absolute atomic E-state index is 11.7. The summed E-state index contributed by atoms with van der Waals surface area (Å²) in [5.74, 6) is -1.70. The summed E-state index contributed by atoms with van der Waals surface area (Å²) in [7, 11) is 0. The van der Waals surface area contributed by atoms with Crippen molar-refractivity contribution in [2.45, 2.75) is 46.3 Å². The molecule has 12 nitrogen and oxygen atoms in total. The molecule has 0 radical (unpaired) electrons. The van der Waals surface area contributed by atoms with Gasteiger partial charge in [0, 0.05) is 26.5 Å². The largest absolute Gasteiger partial charge is 0.481 e. The normalized spacial score (nSPS) is 12.7. The molecule has 0 aromatic heterocycles. The molecule has 0 saturated carbocycles. The van der Waals surface area contributed by atoms with E-state index < -0.39 is 36.0 Å². The third-order valence-corrected chi connectivity index (χ3v) is 3.22. The first kappa shape index (κ1) is 25.4. The van der Waals surface area contributed by atoms with E-state index in [9.17, 15) is 24.5 Å². The lowest BCUT2D eigenvalue weighted by Gasteiger charge is -2.19. The summed E-state index contributed by atoms with van der Waals surface area (Å²) < 4.78 is 14.6. The van der Waals surface area contributed by atoms with E-state index in [2.05, 4.69) is 10.2 Å². The Morgan fingerprint density at radius 1 is 1.14 bits per heavy atom. The molecule has 0 spiro atoms. The molecule has 0 rings (SSSR count). The molecule has 1 amide bonds. The van der Waals surface area contributed by atoms with Crippen LogP contribution >= 0.6 is 0 Å². The van der Waals surface area contributed by atoms with E-state index in [4.69, 9.17) is 19.3 Å². The Balaban J connectivity index is 4.01. The SMILES string of the molecule is CC(C)C[C@H](CNC(=O)OC(C)OC(=O)COCCCO[N+](=O)[O-])CC(=O)O. The molecule has 0 aromatic carbocycles. The van der Waals surface area contributed by atoms with Crippen LogP contribution in [0.3, 0.4) is 0 Å². The van der Waals surface area contributed by atoms with Gasteiger partial charge in [-0.25, -0.2) is 9.59 Å². The molecule has 162 valence electrons. The number of esters is 1. The number of carboxylic acid groups (broad SMARTS) is 1. The molecular weight excluding hydrogens is 380 g/mol. The first-order chi connectivity index (χ1) is 13.1. The number of amides is 1. The van der Waals surface area contributed by atoms with Crippen LogP contribution in [0.5, 0.6) is 0 Å². The summed E-state index contributed by atoms with van der Waals surface area (Å²) in [6.07, 6.45) is -1.24. The van der Waals surface area contributed by atoms with Gasteiger partial charge >= 0.3 is 18.0 Å². The van der Waals surface area contributed by atoms with Crippen LogP contribution in [0.1, 0.15) is 40.0 Å². The van der Waals surface area contributed by atoms with E-state index in [1.807, 2.05) is 13.8 Å². The van der Waals surface area contributed by atoms with Gasteiger partial charge in [0.25, 0.3) is 5.09 Å². The van der Waals surface area contributed by atoms with E-state index >= 15 is 0 Å². The molecule has 0 aromatic rings. The minimum absolute atomic E-state index is 0.0550. The molecule has 0 saturated heterocycles. The standard InChI is InChI=1S/C16H28N2O10/c1-11(2)7-13(8-14(19)20)9-17-16(22)28-12(3)27-15(21)10-25-5-4-6-26-18(23)24/h11-13H,4-10H2,1-3H3,(H,17,22)(H,19,20)/t12?,13-/m0/s1. The Morgan fingerprint density at radius 3 is 2.39 bits per heavy atom. The molecule has 12 heteroatoms. The molecule has 0 aliphatic carbocycles. The number of aliphatic carboxylic acids is 1. The number of nitrogens with zero attached hydrogens (tertiary/aromatic N) is 1. The van der Waals surface area contributed by atoms with Gasteiger partial charge in [0.15, 0.2) is 0 Å². The molecule has 0 aliphatic rings. The quantitative estimate of drug-likeness (QED) is 0.133. The van der Waals surface area contributed by atoms with Crippen molar-refractivity contribution in [3.8, 4) is 0 Å². The minimum Gasteiger partial charge on any atom is -0.481 e. The van der Waals surface area contributed by atoms with Crippen molar-refractivity contribution in [3.05, 3.63) is 10.1 Å². The van der Waals surface area contributed by atoms with Crippen LogP contribution in [-0.4, -0.2) is 60.9 Å². The maximum atomic E-state index is 11.7. The Hall–Kier alpha value is -2.63. The molecule has 0 fully saturated rings. The van der Waals surface area contributed by atoms with Crippen LogP contribution in [0.2, 0.25) is 0 Å². The predicted molar refractivity (Wildman–Crippen MR) is 93.6 cm³/mol. The third-order valence-electron chi connectivity index (χ3n) is 3.22. The topological polar surface area (TPSA) is 164 Å². The molecule has 2 atom stereocenters. The average molecular weight is 408 g/mol. The van der Waals surface area contributed by atoms with E-state index in [1.54, 1.807) is 0 Å². The number of hydrogen-bond donors (Lipinski definition) is 2. The molecule has 2 N–H and O–H groups in total. The van der Waals surface area contributed by atoms with Crippen LogP contribution in [-0.2, 0) is 28.6 Å². The lowest BCUT2D eigenvalue weighted by atomic mass is 9.94. The molecule has 0 bridgehead atoms. The van der Waals surface area contributed by atoms with Crippen LogP contribution in [0, 0.1) is 22.0 Å². The number of hydrogen-bond acceptors (Lipinski definition) is 9. The van der Waals surface area contributed by atoms with E-state index in [-0.39, 0.29) is 44.4 Å². The average Bonchev–Trinajstić information content (AvgIpc) is 2.54. The lowest BCUT2D eigenvalue weighted by molar-refractivity contribution is -0.757. The van der Waals surface area contributed by atoms with Gasteiger partial charge in [-0.2, -0.15) is 0 Å². The van der Waals surface area contributed by atoms with Crippen molar-refractivity contribution in [2.24, 2.45) is 11.8 Å². The summed E-state index contributed by atoms with van der Waals surface area (Å²) in [5, 5.41) is 20.4. The second-order valence-corrected chi connectivity index (χ2v) is 6.40. The molecule has 1 unspecified atom stereocenters. The number of nitrogens with one attached hydrogen (secondary N) is 1. The number of carboxylic acids is 1. The first-order valence-corrected chi connectivity index (χ1v) is 8.81. The summed E-state index contributed by atoms with van der Waals surface area (Å²) in [5.41, 5.74) is 0. The first-order valence-electron chi connectivity index (χ1n) is 8.81. The lowest BCUT2D eigenvalue weighted by Crippen LogP contribution is -2.34. The number of alkyl carbamates (subject to hydrolysis) is 1. The van der Waals surface area contributed by atoms with Gasteiger partial charge in [-0.05, 0) is 24.7 Å². The van der Waals surface area contributed by atoms with E-state index in [1.165, 1.54) is 6.92 Å². The highest BCUT2D eigenvalue weighted by Crippen LogP contribution is 2.14. The number of carbonyl (C=O) groups excluding carboxylic acids is 2. The van der Waals surface area contributed by atoms with Gasteiger partial charge in [0.05, 0.1) is 6.61 Å². The number of ether oxygens (including phenoxy) is 3. The second-order valence-electron chi connectivity index (χ2n) is 6.40. The van der Waals surface area contributed by atoms with Crippen LogP contribution in [0.25, 0.3) is 0 Å². The molecule has 28 heavy (non-hydrogen) atoms. The number of rotatable bonds is 15. The van der Waals surface area contributed by atoms with Gasteiger partial charge in [0.1, 0.15) is 6.61 Å². The van der Waals surface area contributed by atoms with Crippen molar-refractivity contribution in [1.82, 2.24) is 5.32 Å². The van der Waals surface area contributed by atoms with E-state index in [0.29, 0.717) is 6.42 Å². The van der Waals surface area contributed by atoms with Crippen molar-refractivity contribution < 1.29 is 43.6 Å². The zero-order chi connectivity index (χ0) is 21.5. The molecule has 0 heterocycles. The predicted octanol–water partition coefficient (Wildman–Crippen LogP) is 1.35. The third kappa shape index (κ3) is 15.6. The number of carbonyl (C=O) groups is 3. The maximum Gasteiger partial charge on any atom is 0.410 e. The van der Waals surface area contributed by atoms with Gasteiger partial charge < -0.3 is 29.5 Å². The van der Waals surface area contributed by atoms with Gasteiger partial charge in [-0.15, -0.1) is 10.1 Å². The smallest absolute Gasteiger partial charge is 0.410 e. The van der Waals surface area contributed by atoms with Crippen LogP contribution in [0.15, 0.2) is 0 Å². The van der Waals surface area contributed by atoms with Crippen molar-refractivity contribution in [1.29, 1.82) is 0 Å². The summed E-state index contributed by atoms with van der Waals surface area (Å²) in [4.78, 5) is 48.1. The fraction of sp³-hybridized carbons (Fsp3) is 0.812. The fourth-order valence-electron chi connectivity index (χ4n) is 2.27. The van der Waals surface area contributed by atoms with Crippen molar-refractivity contribution in [3.63, 3.8) is 0 Å². The van der Waals surface area contributed by atoms with Gasteiger partial charge in [-0.1, -0.05) is 13.8 Å². The second kappa shape index (κ2) is 14.4. The summed E-state index contributed by atoms with van der Waals surface area (Å²) in [6, 6.07) is 0. The molecular formula is C16H28N2O10. The Bertz CT molecular complexity index is 512. The van der Waals surface area contributed by atoms with Crippen LogP contribution in [0.4, 0.5) is 4.79 Å². The highest BCUT2D eigenvalue weighted by molar-refractivity contribution is 5.71. The zero-order valence-corrected chi connectivity index (χ0v) is 16.3. The fourth-order valence-corrected chi connectivity index (χ4v) is 2.27. The Morgan fingerprint density at radius 2 is 1.82 bits per heavy atom. The van der Waals surface area contributed by atoms with Gasteiger partial charge in [0.2, 0.25) is 6.29 Å². The Kier molecular flexibility index (Phi) is 13.1. The molecule has 0 aliphatic heterocycles. The monoisotopic (exact) mass is 408 g/mol. The van der Waals surface area contributed by atoms with Crippen LogP contribution < -0.4 is 5.32 Å². The highest BCUT2D eigenvalue weighted by atomic mass is 16.9. The summed E-state index contributed by atoms with van der Waals surface area (Å²) in [6.45, 7) is 4.85. The minimum atomic E-state index is -1.17. The van der Waals surface area contributed by atoms with Crippen molar-refractivity contribution in [2.75, 3.05) is 26.4 Å². The van der Waals surface area contributed by atoms with Gasteiger partial charge in [-0.3, -0.25) is 4.79 Å². The Labute approximate surface area is 162 Å².